The van der Waals surface area contributed by atoms with Gasteiger partial charge in [0.15, 0.2) is 0 Å². The fourth-order valence-electron chi connectivity index (χ4n) is 2.00. The van der Waals surface area contributed by atoms with Crippen molar-refractivity contribution in [2.75, 3.05) is 25.1 Å². The molecular weight excluding hydrogens is 401 g/mol. The first-order valence-electron chi connectivity index (χ1n) is 6.95. The maximum absolute atomic E-state index is 6.35. The molecule has 2 aromatic rings. The second-order valence-electron chi connectivity index (χ2n) is 4.65. The van der Waals surface area contributed by atoms with E-state index in [2.05, 4.69) is 32.9 Å². The van der Waals surface area contributed by atoms with Gasteiger partial charge in [0.1, 0.15) is 0 Å². The third-order valence-corrected chi connectivity index (χ3v) is 3.92. The van der Waals surface area contributed by atoms with Gasteiger partial charge in [-0.05, 0) is 61.1 Å². The first kappa shape index (κ1) is 16.6. The zero-order valence-corrected chi connectivity index (χ0v) is 15.1. The van der Waals surface area contributed by atoms with Gasteiger partial charge in [-0.15, -0.1) is 0 Å². The predicted octanol–water partition coefficient (Wildman–Crippen LogP) is 4.28. The van der Waals surface area contributed by atoms with E-state index in [1.165, 1.54) is 0 Å². The predicted molar refractivity (Wildman–Crippen MR) is 95.6 cm³/mol. The Morgan fingerprint density at radius 1 is 1.43 bits per heavy atom. The molecule has 114 valence electrons. The summed E-state index contributed by atoms with van der Waals surface area (Å²) in [4.78, 5) is 4.52. The molecule has 0 spiro atoms. The number of hydrogen-bond acceptors (Lipinski definition) is 3. The van der Waals surface area contributed by atoms with E-state index in [1.54, 1.807) is 0 Å². The van der Waals surface area contributed by atoms with Crippen molar-refractivity contribution in [2.45, 2.75) is 20.3 Å². The number of halogens is 2. The van der Waals surface area contributed by atoms with Crippen LogP contribution in [0.15, 0.2) is 24.4 Å². The van der Waals surface area contributed by atoms with Gasteiger partial charge in [0.25, 0.3) is 0 Å². The van der Waals surface area contributed by atoms with E-state index < -0.39 is 0 Å². The molecule has 1 N–H and O–H groups in total. The van der Waals surface area contributed by atoms with Crippen LogP contribution in [0.2, 0.25) is 5.02 Å². The van der Waals surface area contributed by atoms with Crippen molar-refractivity contribution in [1.29, 1.82) is 0 Å². The van der Waals surface area contributed by atoms with E-state index >= 15 is 0 Å². The van der Waals surface area contributed by atoms with E-state index in [0.717, 1.165) is 52.1 Å². The minimum atomic E-state index is 0.719. The van der Waals surface area contributed by atoms with Crippen LogP contribution in [0.25, 0.3) is 5.69 Å². The van der Waals surface area contributed by atoms with E-state index in [-0.39, 0.29) is 0 Å². The zero-order valence-electron chi connectivity index (χ0n) is 12.2. The summed E-state index contributed by atoms with van der Waals surface area (Å²) in [5.74, 6) is 0.812. The van der Waals surface area contributed by atoms with Gasteiger partial charge < -0.3 is 10.1 Å². The molecule has 2 rings (SSSR count). The zero-order chi connectivity index (χ0) is 15.2. The van der Waals surface area contributed by atoms with Crippen molar-refractivity contribution < 1.29 is 4.74 Å². The van der Waals surface area contributed by atoms with Crippen LogP contribution in [-0.4, -0.2) is 29.3 Å². The minimum Gasteiger partial charge on any atom is -0.382 e. The first-order chi connectivity index (χ1) is 10.1. The van der Waals surface area contributed by atoms with Crippen molar-refractivity contribution in [1.82, 2.24) is 9.55 Å². The van der Waals surface area contributed by atoms with Gasteiger partial charge in [-0.25, -0.2) is 4.98 Å². The van der Waals surface area contributed by atoms with Crippen LogP contribution in [0.3, 0.4) is 0 Å². The summed E-state index contributed by atoms with van der Waals surface area (Å²) in [5, 5.41) is 4.06. The lowest BCUT2D eigenvalue weighted by Gasteiger charge is -2.11. The maximum Gasteiger partial charge on any atom is 0.207 e. The Morgan fingerprint density at radius 3 is 2.95 bits per heavy atom. The van der Waals surface area contributed by atoms with Gasteiger partial charge in [-0.2, -0.15) is 0 Å². The Hall–Kier alpha value is -0.790. The van der Waals surface area contributed by atoms with E-state index in [4.69, 9.17) is 16.3 Å². The summed E-state index contributed by atoms with van der Waals surface area (Å²) in [7, 11) is 0. The van der Waals surface area contributed by atoms with Crippen LogP contribution in [0.1, 0.15) is 19.0 Å². The van der Waals surface area contributed by atoms with Crippen LogP contribution in [0.4, 0.5) is 5.95 Å². The number of imidazole rings is 1. The monoisotopic (exact) mass is 419 g/mol. The highest BCUT2D eigenvalue weighted by atomic mass is 127. The third-order valence-electron chi connectivity index (χ3n) is 2.95. The Morgan fingerprint density at radius 2 is 2.24 bits per heavy atom. The number of nitrogens with zero attached hydrogens (tertiary/aromatic N) is 2. The summed E-state index contributed by atoms with van der Waals surface area (Å²) in [6, 6.07) is 6.00. The summed E-state index contributed by atoms with van der Waals surface area (Å²) in [6.07, 6.45) is 2.93. The number of benzene rings is 1. The van der Waals surface area contributed by atoms with Crippen molar-refractivity contribution >= 4 is 40.1 Å². The molecule has 0 amide bonds. The van der Waals surface area contributed by atoms with Crippen LogP contribution < -0.4 is 5.32 Å². The molecule has 0 saturated carbocycles. The molecule has 0 aliphatic rings. The molecule has 0 unspecified atom stereocenters. The van der Waals surface area contributed by atoms with Crippen LogP contribution in [0.5, 0.6) is 0 Å². The van der Waals surface area contributed by atoms with Crippen LogP contribution in [-0.2, 0) is 4.74 Å². The largest absolute Gasteiger partial charge is 0.382 e. The van der Waals surface area contributed by atoms with Crippen molar-refractivity contribution in [2.24, 2.45) is 0 Å². The van der Waals surface area contributed by atoms with Gasteiger partial charge in [0.05, 0.1) is 16.4 Å². The standard InChI is InChI=1S/C15H19ClIN3O/c1-3-21-8-4-7-18-15-19-11(2)10-20(15)14-6-5-12(17)9-13(14)16/h5-6,9-10H,3-4,7-8H2,1-2H3,(H,18,19). The number of rotatable bonds is 7. The molecule has 6 heteroatoms. The second-order valence-corrected chi connectivity index (χ2v) is 6.30. The molecule has 1 heterocycles. The first-order valence-corrected chi connectivity index (χ1v) is 8.40. The topological polar surface area (TPSA) is 39.1 Å². The normalized spacial score (nSPS) is 10.9. The highest BCUT2D eigenvalue weighted by molar-refractivity contribution is 14.1. The molecule has 0 aliphatic heterocycles. The average molecular weight is 420 g/mol. The second kappa shape index (κ2) is 8.00. The Kier molecular flexibility index (Phi) is 6.32. The molecular formula is C15H19ClIN3O. The van der Waals surface area contributed by atoms with Crippen LogP contribution in [0, 0.1) is 10.5 Å². The molecule has 0 radical (unpaired) electrons. The third kappa shape index (κ3) is 4.59. The van der Waals surface area contributed by atoms with Gasteiger partial charge in [-0.3, -0.25) is 4.57 Å². The molecule has 4 nitrogen and oxygen atoms in total. The van der Waals surface area contributed by atoms with Gasteiger partial charge in [0, 0.05) is 29.5 Å². The molecule has 1 aromatic heterocycles. The van der Waals surface area contributed by atoms with Gasteiger partial charge in [0.2, 0.25) is 5.95 Å². The Bertz CT molecular complexity index is 601. The lowest BCUT2D eigenvalue weighted by molar-refractivity contribution is 0.147. The molecule has 1 aromatic carbocycles. The van der Waals surface area contributed by atoms with Crippen molar-refractivity contribution in [3.63, 3.8) is 0 Å². The molecule has 0 saturated heterocycles. The summed E-state index contributed by atoms with van der Waals surface area (Å²) >= 11 is 8.60. The number of anilines is 1. The van der Waals surface area contributed by atoms with Crippen molar-refractivity contribution in [3.8, 4) is 5.69 Å². The molecule has 0 atom stereocenters. The van der Waals surface area contributed by atoms with Gasteiger partial charge >= 0.3 is 0 Å². The quantitative estimate of drug-likeness (QED) is 0.538. The fraction of sp³-hybridized carbons (Fsp3) is 0.400. The van der Waals surface area contributed by atoms with Gasteiger partial charge in [-0.1, -0.05) is 11.6 Å². The number of aryl methyl sites for hydroxylation is 1. The molecule has 21 heavy (non-hydrogen) atoms. The fourth-order valence-corrected chi connectivity index (χ4v) is 2.95. The molecule has 0 bridgehead atoms. The lowest BCUT2D eigenvalue weighted by Crippen LogP contribution is -2.10. The highest BCUT2D eigenvalue weighted by Crippen LogP contribution is 2.26. The number of hydrogen-bond donors (Lipinski definition) is 1. The minimum absolute atomic E-state index is 0.719. The molecule has 0 fully saturated rings. The Balaban J connectivity index is 2.13. The number of aromatic nitrogens is 2. The SMILES string of the molecule is CCOCCCNc1nc(C)cn1-c1ccc(I)cc1Cl. The maximum atomic E-state index is 6.35. The average Bonchev–Trinajstić information content (AvgIpc) is 2.79. The van der Waals surface area contributed by atoms with E-state index in [9.17, 15) is 0 Å². The number of ether oxygens (including phenoxy) is 1. The summed E-state index contributed by atoms with van der Waals surface area (Å²) in [6.45, 7) is 6.31. The lowest BCUT2D eigenvalue weighted by atomic mass is 10.3. The molecule has 0 aliphatic carbocycles. The van der Waals surface area contributed by atoms with E-state index in [1.807, 2.05) is 42.8 Å². The summed E-state index contributed by atoms with van der Waals surface area (Å²) in [5.41, 5.74) is 1.89. The number of nitrogens with one attached hydrogen (secondary N) is 1. The Labute approximate surface area is 144 Å². The summed E-state index contributed by atoms with van der Waals surface area (Å²) < 4.78 is 8.44. The van der Waals surface area contributed by atoms with E-state index in [0.29, 0.717) is 0 Å². The van der Waals surface area contributed by atoms with Crippen molar-refractivity contribution in [3.05, 3.63) is 38.7 Å². The highest BCUT2D eigenvalue weighted by Gasteiger charge is 2.10. The smallest absolute Gasteiger partial charge is 0.207 e. The van der Waals surface area contributed by atoms with Crippen LogP contribution >= 0.6 is 34.2 Å².